The van der Waals surface area contributed by atoms with Crippen molar-refractivity contribution in [2.75, 3.05) is 24.3 Å². The van der Waals surface area contributed by atoms with Gasteiger partial charge in [0.25, 0.3) is 0 Å². The van der Waals surface area contributed by atoms with Crippen LogP contribution in [-0.4, -0.2) is 44.7 Å². The summed E-state index contributed by atoms with van der Waals surface area (Å²) < 4.78 is 38.5. The molecule has 1 amide bonds. The number of carbonyl (C=O) groups excluding carboxylic acids is 2. The van der Waals surface area contributed by atoms with Crippen LogP contribution in [-0.2, 0) is 19.8 Å². The van der Waals surface area contributed by atoms with Crippen molar-refractivity contribution in [1.82, 2.24) is 4.98 Å². The van der Waals surface area contributed by atoms with E-state index in [0.29, 0.717) is 5.69 Å². The van der Waals surface area contributed by atoms with Gasteiger partial charge in [0, 0.05) is 30.8 Å². The van der Waals surface area contributed by atoms with Gasteiger partial charge >= 0.3 is 16.2 Å². The molecule has 0 N–H and O–H groups in total. The average Bonchev–Trinajstić information content (AvgIpc) is 2.76. The van der Waals surface area contributed by atoms with E-state index in [-0.39, 0.29) is 24.6 Å². The molecule has 2 rings (SSSR count). The lowest BCUT2D eigenvalue weighted by Crippen LogP contribution is -2.25. The maximum absolute atomic E-state index is 12.7. The van der Waals surface area contributed by atoms with Gasteiger partial charge in [-0.2, -0.15) is 8.42 Å². The van der Waals surface area contributed by atoms with Crippen molar-refractivity contribution in [2.24, 2.45) is 5.92 Å². The number of carbonyl (C=O) groups is 2. The Morgan fingerprint density at radius 3 is 2.90 bits per heavy atom. The third kappa shape index (κ3) is 3.75. The molecule has 1 saturated heterocycles. The van der Waals surface area contributed by atoms with Crippen LogP contribution in [0.4, 0.5) is 9.57 Å². The number of amides is 1. The van der Waals surface area contributed by atoms with Gasteiger partial charge in [0.05, 0.1) is 12.9 Å². The first-order chi connectivity index (χ1) is 9.80. The number of pyridine rings is 1. The van der Waals surface area contributed by atoms with Crippen LogP contribution >= 0.6 is 0 Å². The molecule has 0 aliphatic carbocycles. The number of esters is 1. The van der Waals surface area contributed by atoms with Crippen molar-refractivity contribution in [3.8, 4) is 0 Å². The summed E-state index contributed by atoms with van der Waals surface area (Å²) in [6, 6.07) is 2.88. The van der Waals surface area contributed by atoms with Gasteiger partial charge in [-0.1, -0.05) is 0 Å². The van der Waals surface area contributed by atoms with Crippen molar-refractivity contribution >= 4 is 27.8 Å². The van der Waals surface area contributed by atoms with Crippen LogP contribution in [0, 0.1) is 5.92 Å². The maximum Gasteiger partial charge on any atom is 0.356 e. The van der Waals surface area contributed by atoms with E-state index in [1.807, 2.05) is 0 Å². The van der Waals surface area contributed by atoms with Crippen LogP contribution in [0.25, 0.3) is 0 Å². The highest BCUT2D eigenvalue weighted by atomic mass is 32.3. The normalized spacial score (nSPS) is 18.9. The molecule has 1 unspecified atom stereocenters. The molecular weight excluding hydrogens is 303 g/mol. The summed E-state index contributed by atoms with van der Waals surface area (Å²) in [7, 11) is -3.42. The average molecular weight is 316 g/mol. The van der Waals surface area contributed by atoms with Crippen LogP contribution in [0.5, 0.6) is 0 Å². The number of anilines is 1. The first-order valence-corrected chi connectivity index (χ1v) is 7.62. The summed E-state index contributed by atoms with van der Waals surface area (Å²) in [6.07, 6.45) is 1.28. The van der Waals surface area contributed by atoms with E-state index in [4.69, 9.17) is 0 Å². The topological polar surface area (TPSA) is 93.6 Å². The smallest absolute Gasteiger partial charge is 0.356 e. The molecule has 0 saturated carbocycles. The van der Waals surface area contributed by atoms with Gasteiger partial charge in [-0.3, -0.25) is 4.79 Å². The fourth-order valence-electron chi connectivity index (χ4n) is 2.23. The zero-order chi connectivity index (χ0) is 15.6. The Balaban J connectivity index is 2.19. The van der Waals surface area contributed by atoms with Crippen LogP contribution in [0.2, 0.25) is 0 Å². The molecule has 1 aromatic rings. The van der Waals surface area contributed by atoms with Crippen LogP contribution in [0.3, 0.4) is 0 Å². The van der Waals surface area contributed by atoms with Crippen molar-refractivity contribution in [3.63, 3.8) is 0 Å². The first kappa shape index (κ1) is 15.4. The highest BCUT2D eigenvalue weighted by Crippen LogP contribution is 2.26. The second-order valence-corrected chi connectivity index (χ2v) is 6.08. The van der Waals surface area contributed by atoms with Crippen LogP contribution < -0.4 is 4.90 Å². The molecule has 0 radical (unpaired) electrons. The number of hydrogen-bond acceptors (Lipinski definition) is 6. The predicted molar refractivity (Wildman–Crippen MR) is 70.9 cm³/mol. The molecule has 1 fully saturated rings. The minimum Gasteiger partial charge on any atom is -0.464 e. The minimum atomic E-state index is -4.63. The lowest BCUT2D eigenvalue weighted by molar-refractivity contribution is -0.117. The maximum atomic E-state index is 12.7. The number of aromatic nitrogens is 1. The molecule has 0 aromatic carbocycles. The third-order valence-corrected chi connectivity index (χ3v) is 3.96. The standard InChI is InChI=1S/C12H13FN2O5S/c1-20-12(17)10-5-9(2-3-14-10)15-6-8(4-11(15)16)7-21(13,18)19/h2-3,5,8H,4,6-7H2,1H3. The fraction of sp³-hybridized carbons (Fsp3) is 0.417. The number of rotatable bonds is 4. The molecule has 0 spiro atoms. The number of ether oxygens (including phenoxy) is 1. The van der Waals surface area contributed by atoms with Gasteiger partial charge in [-0.15, -0.1) is 3.89 Å². The summed E-state index contributed by atoms with van der Waals surface area (Å²) in [6.45, 7) is 0.0760. The molecule has 9 heteroatoms. The fourth-order valence-corrected chi connectivity index (χ4v) is 3.01. The van der Waals surface area contributed by atoms with Crippen molar-refractivity contribution < 1.29 is 26.6 Å². The summed E-state index contributed by atoms with van der Waals surface area (Å²) in [4.78, 5) is 28.4. The minimum absolute atomic E-state index is 0.0318. The zero-order valence-electron chi connectivity index (χ0n) is 11.2. The largest absolute Gasteiger partial charge is 0.464 e. The molecule has 7 nitrogen and oxygen atoms in total. The highest BCUT2D eigenvalue weighted by Gasteiger charge is 2.33. The van der Waals surface area contributed by atoms with Gasteiger partial charge in [0.1, 0.15) is 5.69 Å². The molecule has 1 aromatic heterocycles. The van der Waals surface area contributed by atoms with Gasteiger partial charge in [-0.05, 0) is 12.1 Å². The van der Waals surface area contributed by atoms with Crippen LogP contribution in [0.1, 0.15) is 16.9 Å². The van der Waals surface area contributed by atoms with E-state index in [1.54, 1.807) is 0 Å². The lowest BCUT2D eigenvalue weighted by atomic mass is 10.1. The molecule has 1 aliphatic heterocycles. The zero-order valence-corrected chi connectivity index (χ0v) is 12.0. The van der Waals surface area contributed by atoms with Crippen molar-refractivity contribution in [3.05, 3.63) is 24.0 Å². The Hall–Kier alpha value is -2.03. The van der Waals surface area contributed by atoms with Gasteiger partial charge < -0.3 is 9.64 Å². The lowest BCUT2D eigenvalue weighted by Gasteiger charge is -2.16. The SMILES string of the molecule is COC(=O)c1cc(N2CC(CS(=O)(=O)F)CC2=O)ccn1. The summed E-state index contributed by atoms with van der Waals surface area (Å²) in [5.74, 6) is -2.27. The van der Waals surface area contributed by atoms with E-state index >= 15 is 0 Å². The van der Waals surface area contributed by atoms with E-state index in [0.717, 1.165) is 0 Å². The Kier molecular flexibility index (Phi) is 4.21. The number of halogens is 1. The Morgan fingerprint density at radius 1 is 1.57 bits per heavy atom. The van der Waals surface area contributed by atoms with Gasteiger partial charge in [-0.25, -0.2) is 9.78 Å². The highest BCUT2D eigenvalue weighted by molar-refractivity contribution is 7.86. The van der Waals surface area contributed by atoms with E-state index in [1.165, 1.54) is 30.3 Å². The van der Waals surface area contributed by atoms with Crippen molar-refractivity contribution in [2.45, 2.75) is 6.42 Å². The second kappa shape index (κ2) is 5.76. The third-order valence-electron chi connectivity index (χ3n) is 3.09. The Morgan fingerprint density at radius 2 is 2.29 bits per heavy atom. The summed E-state index contributed by atoms with van der Waals surface area (Å²) >= 11 is 0. The molecular formula is C12H13FN2O5S. The predicted octanol–water partition coefficient (Wildman–Crippen LogP) is 0.520. The molecule has 21 heavy (non-hydrogen) atoms. The van der Waals surface area contributed by atoms with Gasteiger partial charge in [0.2, 0.25) is 5.91 Å². The van der Waals surface area contributed by atoms with Crippen LogP contribution in [0.15, 0.2) is 18.3 Å². The van der Waals surface area contributed by atoms with E-state index < -0.39 is 27.9 Å². The van der Waals surface area contributed by atoms with E-state index in [9.17, 15) is 21.9 Å². The molecule has 0 bridgehead atoms. The van der Waals surface area contributed by atoms with Gasteiger partial charge in [0.15, 0.2) is 0 Å². The monoisotopic (exact) mass is 316 g/mol. The second-order valence-electron chi connectivity index (χ2n) is 4.67. The van der Waals surface area contributed by atoms with Crippen molar-refractivity contribution in [1.29, 1.82) is 0 Å². The molecule has 2 heterocycles. The first-order valence-electron chi connectivity index (χ1n) is 6.07. The quantitative estimate of drug-likeness (QED) is 0.594. The van der Waals surface area contributed by atoms with E-state index in [2.05, 4.69) is 9.72 Å². The molecule has 1 aliphatic rings. The number of methoxy groups -OCH3 is 1. The number of hydrogen-bond donors (Lipinski definition) is 0. The number of nitrogens with zero attached hydrogens (tertiary/aromatic N) is 2. The molecule has 114 valence electrons. The summed E-state index contributed by atoms with van der Waals surface area (Å²) in [5.41, 5.74) is 0.429. The molecule has 1 atom stereocenters. The summed E-state index contributed by atoms with van der Waals surface area (Å²) in [5, 5.41) is 0. The Labute approximate surface area is 120 Å². The Bertz CT molecular complexity index is 676.